The van der Waals surface area contributed by atoms with Crippen LogP contribution in [0.3, 0.4) is 0 Å². The van der Waals surface area contributed by atoms with Gasteiger partial charge in [-0.3, -0.25) is 9.59 Å². The first-order valence-corrected chi connectivity index (χ1v) is 11.2. The maximum Gasteiger partial charge on any atom is 0.291 e. The van der Waals surface area contributed by atoms with Crippen molar-refractivity contribution in [3.8, 4) is 0 Å². The molecule has 2 amide bonds. The Balaban J connectivity index is 1.43. The van der Waals surface area contributed by atoms with Gasteiger partial charge in [0.05, 0.1) is 11.2 Å². The number of hydrogen-bond acceptors (Lipinski definition) is 5. The molecule has 31 heavy (non-hydrogen) atoms. The quantitative estimate of drug-likeness (QED) is 0.610. The maximum atomic E-state index is 12.7. The Morgan fingerprint density at radius 3 is 2.23 bits per heavy atom. The van der Waals surface area contributed by atoms with Crippen molar-refractivity contribution in [1.82, 2.24) is 4.31 Å². The van der Waals surface area contributed by atoms with Crippen LogP contribution >= 0.6 is 0 Å². The number of sulfonamides is 1. The van der Waals surface area contributed by atoms with Crippen molar-refractivity contribution in [2.45, 2.75) is 17.7 Å². The van der Waals surface area contributed by atoms with Crippen LogP contribution in [0, 0.1) is 0 Å². The van der Waals surface area contributed by atoms with Gasteiger partial charge >= 0.3 is 0 Å². The van der Waals surface area contributed by atoms with Gasteiger partial charge in [-0.25, -0.2) is 8.42 Å². The summed E-state index contributed by atoms with van der Waals surface area (Å²) in [6.07, 6.45) is 3.12. The maximum absolute atomic E-state index is 12.7. The molecule has 1 saturated heterocycles. The van der Waals surface area contributed by atoms with Crippen molar-refractivity contribution in [2.75, 3.05) is 23.7 Å². The number of rotatable bonds is 6. The summed E-state index contributed by atoms with van der Waals surface area (Å²) in [5.74, 6) is -0.594. The predicted molar refractivity (Wildman–Crippen MR) is 115 cm³/mol. The fourth-order valence-corrected chi connectivity index (χ4v) is 4.88. The van der Waals surface area contributed by atoms with Crippen LogP contribution in [0.4, 0.5) is 11.4 Å². The highest BCUT2D eigenvalue weighted by Crippen LogP contribution is 2.23. The van der Waals surface area contributed by atoms with Gasteiger partial charge in [0.15, 0.2) is 5.76 Å². The first kappa shape index (κ1) is 20.8. The topological polar surface area (TPSA) is 109 Å². The zero-order valence-corrected chi connectivity index (χ0v) is 17.4. The second-order valence-electron chi connectivity index (χ2n) is 7.10. The Labute approximate surface area is 179 Å². The Morgan fingerprint density at radius 1 is 0.839 bits per heavy atom. The number of amides is 2. The fourth-order valence-electron chi connectivity index (χ4n) is 3.32. The number of nitrogens with one attached hydrogen (secondary N) is 2. The highest BCUT2D eigenvalue weighted by atomic mass is 32.2. The lowest BCUT2D eigenvalue weighted by molar-refractivity contribution is 0.0995. The minimum absolute atomic E-state index is 0.156. The van der Waals surface area contributed by atoms with E-state index in [-0.39, 0.29) is 16.6 Å². The largest absolute Gasteiger partial charge is 0.459 e. The van der Waals surface area contributed by atoms with E-state index in [1.807, 2.05) is 0 Å². The Morgan fingerprint density at radius 2 is 1.55 bits per heavy atom. The smallest absolute Gasteiger partial charge is 0.291 e. The van der Waals surface area contributed by atoms with E-state index in [1.165, 1.54) is 22.7 Å². The van der Waals surface area contributed by atoms with Gasteiger partial charge in [0, 0.05) is 30.0 Å². The Kier molecular flexibility index (Phi) is 5.88. The van der Waals surface area contributed by atoms with Crippen LogP contribution in [0.2, 0.25) is 0 Å². The molecule has 1 aliphatic heterocycles. The SMILES string of the molecule is O=C(Nc1cccc(S(=O)(=O)N2CCCC2)c1)c1ccc(NC(=O)c2ccco2)cc1. The highest BCUT2D eigenvalue weighted by Gasteiger charge is 2.27. The summed E-state index contributed by atoms with van der Waals surface area (Å²) in [4.78, 5) is 24.7. The van der Waals surface area contributed by atoms with Crippen LogP contribution in [-0.2, 0) is 10.0 Å². The first-order chi connectivity index (χ1) is 14.9. The van der Waals surface area contributed by atoms with Crippen LogP contribution in [-0.4, -0.2) is 37.6 Å². The zero-order valence-electron chi connectivity index (χ0n) is 16.6. The molecule has 0 bridgehead atoms. The molecule has 2 heterocycles. The minimum Gasteiger partial charge on any atom is -0.459 e. The zero-order chi connectivity index (χ0) is 21.8. The van der Waals surface area contributed by atoms with E-state index in [9.17, 15) is 18.0 Å². The molecule has 0 spiro atoms. The lowest BCUT2D eigenvalue weighted by Gasteiger charge is -2.16. The molecule has 0 unspecified atom stereocenters. The van der Waals surface area contributed by atoms with Gasteiger partial charge in [-0.05, 0) is 67.4 Å². The van der Waals surface area contributed by atoms with Crippen molar-refractivity contribution in [3.05, 3.63) is 78.3 Å². The van der Waals surface area contributed by atoms with Gasteiger partial charge in [0.1, 0.15) is 0 Å². The standard InChI is InChI=1S/C22H21N3O5S/c26-21(16-8-10-17(11-9-16)23-22(27)20-7-4-14-30-20)24-18-5-3-6-19(15-18)31(28,29)25-12-1-2-13-25/h3-11,14-15H,1-2,12-13H2,(H,23,27)(H,24,26). The summed E-state index contributed by atoms with van der Waals surface area (Å²) in [6.45, 7) is 1.03. The lowest BCUT2D eigenvalue weighted by atomic mass is 10.2. The minimum atomic E-state index is -3.56. The van der Waals surface area contributed by atoms with E-state index in [0.29, 0.717) is 30.0 Å². The summed E-state index contributed by atoms with van der Waals surface area (Å²) >= 11 is 0. The third kappa shape index (κ3) is 4.68. The second kappa shape index (κ2) is 8.75. The number of nitrogens with zero attached hydrogens (tertiary/aromatic N) is 1. The van der Waals surface area contributed by atoms with Gasteiger partial charge < -0.3 is 15.1 Å². The van der Waals surface area contributed by atoms with Crippen molar-refractivity contribution in [1.29, 1.82) is 0 Å². The van der Waals surface area contributed by atoms with Gasteiger partial charge in [-0.15, -0.1) is 0 Å². The van der Waals surface area contributed by atoms with Gasteiger partial charge in [-0.1, -0.05) is 6.07 Å². The highest BCUT2D eigenvalue weighted by molar-refractivity contribution is 7.89. The summed E-state index contributed by atoms with van der Waals surface area (Å²) in [5, 5.41) is 5.39. The van der Waals surface area contributed by atoms with Crippen LogP contribution in [0.25, 0.3) is 0 Å². The third-order valence-electron chi connectivity index (χ3n) is 4.94. The van der Waals surface area contributed by atoms with Crippen LogP contribution in [0.15, 0.2) is 76.2 Å². The molecule has 1 fully saturated rings. The monoisotopic (exact) mass is 439 g/mol. The molecule has 0 saturated carbocycles. The van der Waals surface area contributed by atoms with Crippen molar-refractivity contribution >= 4 is 33.2 Å². The number of carbonyl (C=O) groups excluding carboxylic acids is 2. The molecule has 160 valence electrons. The van der Waals surface area contributed by atoms with Crippen LogP contribution in [0.1, 0.15) is 33.8 Å². The van der Waals surface area contributed by atoms with E-state index >= 15 is 0 Å². The third-order valence-corrected chi connectivity index (χ3v) is 6.84. The van der Waals surface area contributed by atoms with Crippen molar-refractivity contribution < 1.29 is 22.4 Å². The number of furan rings is 1. The van der Waals surface area contributed by atoms with Crippen molar-refractivity contribution in [3.63, 3.8) is 0 Å². The molecule has 4 rings (SSSR count). The molecule has 8 nitrogen and oxygen atoms in total. The van der Waals surface area contributed by atoms with E-state index < -0.39 is 15.9 Å². The number of anilines is 2. The summed E-state index contributed by atoms with van der Waals surface area (Å²) in [7, 11) is -3.56. The first-order valence-electron chi connectivity index (χ1n) is 9.80. The molecule has 3 aromatic rings. The molecular formula is C22H21N3O5S. The average Bonchev–Trinajstić information content (AvgIpc) is 3.49. The summed E-state index contributed by atoms with van der Waals surface area (Å²) < 4.78 is 32.0. The van der Waals surface area contributed by atoms with Crippen molar-refractivity contribution in [2.24, 2.45) is 0 Å². The van der Waals surface area contributed by atoms with Gasteiger partial charge in [0.2, 0.25) is 10.0 Å². The summed E-state index contributed by atoms with van der Waals surface area (Å²) in [5.41, 5.74) is 1.26. The van der Waals surface area contributed by atoms with E-state index in [0.717, 1.165) is 12.8 Å². The molecule has 9 heteroatoms. The molecule has 2 N–H and O–H groups in total. The van der Waals surface area contributed by atoms with E-state index in [4.69, 9.17) is 4.42 Å². The average molecular weight is 439 g/mol. The Bertz CT molecular complexity index is 1180. The normalized spacial score (nSPS) is 14.3. The second-order valence-corrected chi connectivity index (χ2v) is 9.04. The fraction of sp³-hybridized carbons (Fsp3) is 0.182. The number of hydrogen-bond donors (Lipinski definition) is 2. The van der Waals surface area contributed by atoms with Gasteiger partial charge in [-0.2, -0.15) is 4.31 Å². The van der Waals surface area contributed by atoms with Gasteiger partial charge in [0.25, 0.3) is 11.8 Å². The molecule has 0 radical (unpaired) electrons. The molecule has 2 aromatic carbocycles. The summed E-state index contributed by atoms with van der Waals surface area (Å²) in [6, 6.07) is 15.7. The molecular weight excluding hydrogens is 418 g/mol. The van der Waals surface area contributed by atoms with E-state index in [1.54, 1.807) is 48.5 Å². The molecule has 0 atom stereocenters. The van der Waals surface area contributed by atoms with E-state index in [2.05, 4.69) is 10.6 Å². The lowest BCUT2D eigenvalue weighted by Crippen LogP contribution is -2.27. The Hall–Kier alpha value is -3.43. The molecule has 1 aromatic heterocycles. The number of carbonyl (C=O) groups is 2. The number of benzene rings is 2. The van der Waals surface area contributed by atoms with Crippen LogP contribution < -0.4 is 10.6 Å². The van der Waals surface area contributed by atoms with Crippen LogP contribution in [0.5, 0.6) is 0 Å². The predicted octanol–water partition coefficient (Wildman–Crippen LogP) is 3.57. The molecule has 0 aliphatic carbocycles. The molecule has 1 aliphatic rings.